The van der Waals surface area contributed by atoms with E-state index in [1.807, 2.05) is 0 Å². The Morgan fingerprint density at radius 3 is 1.67 bits per heavy atom. The second kappa shape index (κ2) is 2.36. The summed E-state index contributed by atoms with van der Waals surface area (Å²) < 4.78 is 49.5. The van der Waals surface area contributed by atoms with Gasteiger partial charge in [-0.05, 0) is 0 Å². The van der Waals surface area contributed by atoms with Crippen molar-refractivity contribution in [1.82, 2.24) is 0 Å². The Balaban J connectivity index is 1.92. The molecule has 12 heavy (non-hydrogen) atoms. The lowest BCUT2D eigenvalue weighted by atomic mass is 15.6. The van der Waals surface area contributed by atoms with E-state index in [4.69, 9.17) is 4.31 Å². The molecule has 0 N–H and O–H groups in total. The van der Waals surface area contributed by atoms with Crippen LogP contribution in [0.1, 0.15) is 0 Å². The minimum absolute atomic E-state index is 1.69. The van der Waals surface area contributed by atoms with Crippen LogP contribution in [0.4, 0.5) is 0 Å². The Kier molecular flexibility index (Phi) is 1.65. The van der Waals surface area contributed by atoms with Crippen LogP contribution in [0.3, 0.4) is 0 Å². The number of phosphoric acid groups is 2. The normalized spacial score (nSPS) is 62.3. The van der Waals surface area contributed by atoms with E-state index in [0.29, 0.717) is 0 Å². The third kappa shape index (κ3) is 1.17. The highest BCUT2D eigenvalue weighted by atomic mass is 31.4. The first kappa shape index (κ1) is 8.39. The van der Waals surface area contributed by atoms with Gasteiger partial charge in [-0.25, -0.2) is 30.7 Å². The van der Waals surface area contributed by atoms with Crippen LogP contribution in [0.5, 0.6) is 0 Å². The van der Waals surface area contributed by atoms with Crippen molar-refractivity contribution in [3.8, 4) is 0 Å². The van der Waals surface area contributed by atoms with E-state index < -0.39 is 32.9 Å². The Bertz CT molecular complexity index is 269. The van der Waals surface area contributed by atoms with Gasteiger partial charge in [-0.2, -0.15) is 4.31 Å². The molecule has 0 aromatic carbocycles. The molecule has 0 saturated carbocycles. The van der Waals surface area contributed by atoms with E-state index in [0.717, 1.165) is 0 Å². The highest BCUT2D eigenvalue weighted by Crippen LogP contribution is 2.95. The van der Waals surface area contributed by atoms with Crippen molar-refractivity contribution >= 4 is 32.9 Å². The van der Waals surface area contributed by atoms with Crippen LogP contribution in [-0.2, 0) is 35.0 Å². The highest BCUT2D eigenvalue weighted by Gasteiger charge is 2.65. The molecular formula is O8P4. The molecule has 0 aliphatic carbocycles. The molecule has 6 heterocycles. The fourth-order valence-corrected chi connectivity index (χ4v) is 7.86. The summed E-state index contributed by atoms with van der Waals surface area (Å²) in [7, 11) is -10.8. The van der Waals surface area contributed by atoms with Crippen LogP contribution in [0.15, 0.2) is 0 Å². The maximum absolute atomic E-state index is 11.1. The molecule has 68 valence electrons. The summed E-state index contributed by atoms with van der Waals surface area (Å²) in [4.78, 5) is 0. The van der Waals surface area contributed by atoms with Crippen molar-refractivity contribution in [2.75, 3.05) is 0 Å². The van der Waals surface area contributed by atoms with Gasteiger partial charge in [-0.15, -0.1) is 0 Å². The molecule has 8 nitrogen and oxygen atoms in total. The summed E-state index contributed by atoms with van der Waals surface area (Å²) in [5.74, 6) is 0. The highest BCUT2D eigenvalue weighted by molar-refractivity contribution is 7.85. The van der Waals surface area contributed by atoms with Gasteiger partial charge >= 0.3 is 32.9 Å². The molecule has 6 rings (SSSR count). The average Bonchev–Trinajstić information content (AvgIpc) is 1.75. The molecule has 6 aliphatic heterocycles. The summed E-state index contributed by atoms with van der Waals surface area (Å²) in [6, 6.07) is 0. The Hall–Kier alpha value is 1.08. The van der Waals surface area contributed by atoms with Gasteiger partial charge in [0.25, 0.3) is 0 Å². The Labute approximate surface area is 68.7 Å². The van der Waals surface area contributed by atoms with Crippen molar-refractivity contribution in [2.24, 2.45) is 0 Å². The molecule has 6 aliphatic rings. The molecule has 6 saturated heterocycles. The van der Waals surface area contributed by atoms with Gasteiger partial charge in [0.1, 0.15) is 0 Å². The van der Waals surface area contributed by atoms with Crippen molar-refractivity contribution in [2.45, 2.75) is 0 Å². The second-order valence-electron chi connectivity index (χ2n) is 1.83. The van der Waals surface area contributed by atoms with Crippen molar-refractivity contribution < 1.29 is 35.0 Å². The molecular weight excluding hydrogens is 252 g/mol. The smallest absolute Gasteiger partial charge is 0.236 e. The zero-order valence-corrected chi connectivity index (χ0v) is 8.63. The molecule has 0 atom stereocenters. The average molecular weight is 252 g/mol. The van der Waals surface area contributed by atoms with E-state index in [9.17, 15) is 9.13 Å². The first-order valence-electron chi connectivity index (χ1n) is 2.56. The third-order valence-electron chi connectivity index (χ3n) is 1.000. The first-order chi connectivity index (χ1) is 5.57. The van der Waals surface area contributed by atoms with Gasteiger partial charge in [0.2, 0.25) is 0 Å². The zero-order chi connectivity index (χ0) is 8.40. The van der Waals surface area contributed by atoms with Gasteiger partial charge in [-0.1, -0.05) is 0 Å². The molecule has 0 aromatic heterocycles. The number of hydrogen-bond acceptors (Lipinski definition) is 8. The van der Waals surface area contributed by atoms with E-state index in [1.54, 1.807) is 0 Å². The van der Waals surface area contributed by atoms with Crippen molar-refractivity contribution in [3.05, 3.63) is 0 Å². The van der Waals surface area contributed by atoms with Crippen LogP contribution in [-0.4, -0.2) is 0 Å². The number of hydrogen-bond donors (Lipinski definition) is 0. The quantitative estimate of drug-likeness (QED) is 0.607. The SMILES string of the molecule is O=P12OP(OP3OP(=O)(O3)O1)O2. The maximum atomic E-state index is 11.1. The summed E-state index contributed by atoms with van der Waals surface area (Å²) in [5.41, 5.74) is 0. The van der Waals surface area contributed by atoms with Crippen molar-refractivity contribution in [3.63, 3.8) is 0 Å². The lowest BCUT2D eigenvalue weighted by Crippen LogP contribution is -2.15. The summed E-state index contributed by atoms with van der Waals surface area (Å²) in [5, 5.41) is 0. The van der Waals surface area contributed by atoms with E-state index in [-0.39, 0.29) is 0 Å². The second-order valence-corrected chi connectivity index (χ2v) is 8.43. The van der Waals surface area contributed by atoms with E-state index in [2.05, 4.69) is 21.6 Å². The predicted octanol–water partition coefficient (Wildman–Crippen LogP) is 2.80. The van der Waals surface area contributed by atoms with Crippen molar-refractivity contribution in [1.29, 1.82) is 0 Å². The summed E-state index contributed by atoms with van der Waals surface area (Å²) in [6.45, 7) is 0. The van der Waals surface area contributed by atoms with Crippen LogP contribution >= 0.6 is 32.9 Å². The van der Waals surface area contributed by atoms with Gasteiger partial charge in [0, 0.05) is 0 Å². The molecule has 4 bridgehead atoms. The fraction of sp³-hybridized carbons (Fsp3) is 0. The molecule has 6 fully saturated rings. The largest absolute Gasteiger partial charge is 0.497 e. The van der Waals surface area contributed by atoms with Crippen LogP contribution in [0, 0.1) is 0 Å². The molecule has 12 heteroatoms. The number of rotatable bonds is 0. The Morgan fingerprint density at radius 1 is 0.833 bits per heavy atom. The van der Waals surface area contributed by atoms with Gasteiger partial charge < -0.3 is 0 Å². The molecule has 0 spiro atoms. The minimum Gasteiger partial charge on any atom is -0.236 e. The van der Waals surface area contributed by atoms with Crippen LogP contribution in [0.2, 0.25) is 0 Å². The third-order valence-corrected chi connectivity index (χ3v) is 9.00. The van der Waals surface area contributed by atoms with Crippen LogP contribution < -0.4 is 0 Å². The minimum atomic E-state index is -3.70. The monoisotopic (exact) mass is 252 g/mol. The maximum Gasteiger partial charge on any atom is 0.497 e. The fourth-order valence-electron chi connectivity index (χ4n) is 0.635. The molecule has 0 aromatic rings. The van der Waals surface area contributed by atoms with E-state index in [1.165, 1.54) is 0 Å². The van der Waals surface area contributed by atoms with E-state index >= 15 is 0 Å². The summed E-state index contributed by atoms with van der Waals surface area (Å²) in [6.07, 6.45) is 0. The van der Waals surface area contributed by atoms with Gasteiger partial charge in [0.15, 0.2) is 0 Å². The lowest BCUT2D eigenvalue weighted by molar-refractivity contribution is 0.136. The first-order valence-corrected chi connectivity index (χ1v) is 7.67. The zero-order valence-electron chi connectivity index (χ0n) is 5.05. The van der Waals surface area contributed by atoms with Gasteiger partial charge in [0.05, 0.1) is 0 Å². The molecule has 0 radical (unpaired) electrons. The predicted molar refractivity (Wildman–Crippen MR) is 35.6 cm³/mol. The Morgan fingerprint density at radius 2 is 1.25 bits per heavy atom. The summed E-state index contributed by atoms with van der Waals surface area (Å²) >= 11 is 0. The lowest BCUT2D eigenvalue weighted by Gasteiger charge is -2.41. The molecule has 0 amide bonds. The standard InChI is InChI=1S/O8P4/c1-11-4-9(5-11)3-10-6-12(2,7-10)8-11. The molecule has 0 unspecified atom stereocenters. The topological polar surface area (TPSA) is 89.5 Å². The van der Waals surface area contributed by atoms with Gasteiger partial charge in [-0.3, -0.25) is 0 Å². The van der Waals surface area contributed by atoms with Crippen LogP contribution in [0.25, 0.3) is 0 Å².